The maximum absolute atomic E-state index is 12.7. The first-order valence-corrected chi connectivity index (χ1v) is 10.1. The molecule has 0 aliphatic carbocycles. The number of carbonyl (C=O) groups excluding carboxylic acids is 2. The van der Waals surface area contributed by atoms with Gasteiger partial charge in [0.2, 0.25) is 0 Å². The first-order chi connectivity index (χ1) is 15.0. The van der Waals surface area contributed by atoms with E-state index >= 15 is 0 Å². The average molecular weight is 420 g/mol. The van der Waals surface area contributed by atoms with Crippen molar-refractivity contribution in [1.29, 1.82) is 0 Å². The summed E-state index contributed by atoms with van der Waals surface area (Å²) >= 11 is 0. The second-order valence-corrected chi connectivity index (χ2v) is 7.19. The fraction of sp³-hybridized carbons (Fsp3) is 0.273. The van der Waals surface area contributed by atoms with E-state index < -0.39 is 0 Å². The molecule has 0 saturated carbocycles. The molecule has 0 radical (unpaired) electrons. The van der Waals surface area contributed by atoms with Crippen molar-refractivity contribution >= 4 is 17.6 Å². The van der Waals surface area contributed by atoms with E-state index in [1.807, 2.05) is 31.2 Å². The molecule has 2 aromatic heterocycles. The number of aromatic nitrogens is 3. The van der Waals surface area contributed by atoms with Crippen LogP contribution in [0.4, 0.5) is 10.5 Å². The summed E-state index contributed by atoms with van der Waals surface area (Å²) in [5, 5.41) is 10.1. The number of anilines is 1. The second kappa shape index (κ2) is 8.86. The van der Waals surface area contributed by atoms with Gasteiger partial charge in [0, 0.05) is 37.2 Å². The van der Waals surface area contributed by atoms with E-state index in [-0.39, 0.29) is 11.9 Å². The molecule has 3 aromatic rings. The Hall–Kier alpha value is -3.88. The lowest BCUT2D eigenvalue weighted by atomic mass is 10.2. The van der Waals surface area contributed by atoms with Crippen LogP contribution in [0.3, 0.4) is 0 Å². The van der Waals surface area contributed by atoms with Crippen LogP contribution in [0.1, 0.15) is 34.2 Å². The molecule has 3 amide bonds. The van der Waals surface area contributed by atoms with Crippen LogP contribution in [0.15, 0.2) is 48.8 Å². The number of urea groups is 1. The number of benzene rings is 1. The molecule has 0 unspecified atom stereocenters. The van der Waals surface area contributed by atoms with Crippen LogP contribution in [0.25, 0.3) is 0 Å². The van der Waals surface area contributed by atoms with Crippen LogP contribution >= 0.6 is 0 Å². The lowest BCUT2D eigenvalue weighted by Gasteiger charge is -2.17. The van der Waals surface area contributed by atoms with Crippen molar-refractivity contribution in [3.8, 4) is 5.75 Å². The maximum Gasteiger partial charge on any atom is 0.322 e. The van der Waals surface area contributed by atoms with Gasteiger partial charge in [-0.05, 0) is 42.8 Å². The minimum atomic E-state index is -0.269. The van der Waals surface area contributed by atoms with Crippen molar-refractivity contribution in [1.82, 2.24) is 25.0 Å². The minimum Gasteiger partial charge on any atom is -0.494 e. The largest absolute Gasteiger partial charge is 0.494 e. The molecule has 0 saturated heterocycles. The number of nitrogens with one attached hydrogen (secondary N) is 2. The van der Waals surface area contributed by atoms with Gasteiger partial charge in [0.25, 0.3) is 5.91 Å². The van der Waals surface area contributed by atoms with Crippen molar-refractivity contribution in [3.63, 3.8) is 0 Å². The predicted octanol–water partition coefficient (Wildman–Crippen LogP) is 2.69. The summed E-state index contributed by atoms with van der Waals surface area (Å²) in [6.45, 7) is 3.58. The number of ether oxygens (including phenoxy) is 1. The number of amides is 3. The van der Waals surface area contributed by atoms with Crippen molar-refractivity contribution in [2.75, 3.05) is 11.9 Å². The standard InChI is InChI=1S/C22H24N6O3/c1-3-31-17-8-6-16(7-9-17)25-22(30)28-13-18-19(14-28)27(2)26-20(18)21(29)24-12-15-5-4-10-23-11-15/h4-11H,3,12-14H2,1-2H3,(H,24,29)(H,25,30). The highest BCUT2D eigenvalue weighted by atomic mass is 16.5. The zero-order chi connectivity index (χ0) is 21.8. The summed E-state index contributed by atoms with van der Waals surface area (Å²) in [5.41, 5.74) is 3.55. The summed E-state index contributed by atoms with van der Waals surface area (Å²) in [6, 6.07) is 10.7. The van der Waals surface area contributed by atoms with Crippen LogP contribution < -0.4 is 15.4 Å². The van der Waals surface area contributed by atoms with Crippen LogP contribution in [0.2, 0.25) is 0 Å². The fourth-order valence-corrected chi connectivity index (χ4v) is 3.49. The highest BCUT2D eigenvalue weighted by Gasteiger charge is 2.32. The Labute approximate surface area is 180 Å². The molecule has 4 rings (SSSR count). The number of pyridine rings is 1. The third-order valence-corrected chi connectivity index (χ3v) is 5.06. The Kier molecular flexibility index (Phi) is 5.83. The van der Waals surface area contributed by atoms with Crippen LogP contribution in [0.5, 0.6) is 5.75 Å². The monoisotopic (exact) mass is 420 g/mol. The zero-order valence-corrected chi connectivity index (χ0v) is 17.5. The summed E-state index contributed by atoms with van der Waals surface area (Å²) in [7, 11) is 1.78. The number of hydrogen-bond acceptors (Lipinski definition) is 5. The van der Waals surface area contributed by atoms with Crippen molar-refractivity contribution in [3.05, 3.63) is 71.3 Å². The zero-order valence-electron chi connectivity index (χ0n) is 17.5. The van der Waals surface area contributed by atoms with E-state index in [1.54, 1.807) is 41.2 Å². The van der Waals surface area contributed by atoms with Crippen LogP contribution in [-0.4, -0.2) is 38.2 Å². The van der Waals surface area contributed by atoms with E-state index in [4.69, 9.17) is 4.74 Å². The molecule has 0 spiro atoms. The van der Waals surface area contributed by atoms with E-state index in [0.29, 0.717) is 37.6 Å². The van der Waals surface area contributed by atoms with Gasteiger partial charge >= 0.3 is 6.03 Å². The van der Waals surface area contributed by atoms with Gasteiger partial charge < -0.3 is 20.3 Å². The molecule has 2 N–H and O–H groups in total. The Balaban J connectivity index is 1.40. The normalized spacial score (nSPS) is 12.4. The van der Waals surface area contributed by atoms with Gasteiger partial charge in [0.15, 0.2) is 5.69 Å². The SMILES string of the molecule is CCOc1ccc(NC(=O)N2Cc3c(C(=O)NCc4cccnc4)nn(C)c3C2)cc1. The third-order valence-electron chi connectivity index (χ3n) is 5.06. The number of carbonyl (C=O) groups is 2. The van der Waals surface area contributed by atoms with Gasteiger partial charge in [-0.25, -0.2) is 4.79 Å². The third kappa shape index (κ3) is 4.50. The summed E-state index contributed by atoms with van der Waals surface area (Å²) < 4.78 is 7.09. The molecular weight excluding hydrogens is 396 g/mol. The molecule has 31 heavy (non-hydrogen) atoms. The molecule has 0 atom stereocenters. The minimum absolute atomic E-state index is 0.234. The number of aryl methyl sites for hydroxylation is 1. The predicted molar refractivity (Wildman–Crippen MR) is 114 cm³/mol. The number of nitrogens with zero attached hydrogens (tertiary/aromatic N) is 4. The Bertz CT molecular complexity index is 1080. The number of rotatable bonds is 6. The summed E-state index contributed by atoms with van der Waals surface area (Å²) in [5.74, 6) is 0.483. The van der Waals surface area contributed by atoms with Crippen LogP contribution in [-0.2, 0) is 26.7 Å². The van der Waals surface area contributed by atoms with Gasteiger partial charge in [0.1, 0.15) is 5.75 Å². The van der Waals surface area contributed by atoms with E-state index in [2.05, 4.69) is 20.7 Å². The smallest absolute Gasteiger partial charge is 0.322 e. The summed E-state index contributed by atoms with van der Waals surface area (Å²) in [4.78, 5) is 31.1. The van der Waals surface area contributed by atoms with Crippen molar-refractivity contribution in [2.24, 2.45) is 7.05 Å². The topological polar surface area (TPSA) is 101 Å². The molecule has 0 bridgehead atoms. The lowest BCUT2D eigenvalue weighted by Crippen LogP contribution is -2.31. The number of fused-ring (bicyclic) bond motifs is 1. The van der Waals surface area contributed by atoms with Gasteiger partial charge in [-0.15, -0.1) is 0 Å². The molecule has 1 aliphatic rings. The maximum atomic E-state index is 12.7. The molecule has 9 nitrogen and oxygen atoms in total. The highest BCUT2D eigenvalue weighted by molar-refractivity contribution is 5.95. The lowest BCUT2D eigenvalue weighted by molar-refractivity contribution is 0.0943. The van der Waals surface area contributed by atoms with Gasteiger partial charge in [0.05, 0.1) is 25.4 Å². The van der Waals surface area contributed by atoms with Crippen LogP contribution in [0, 0.1) is 0 Å². The highest BCUT2D eigenvalue weighted by Crippen LogP contribution is 2.26. The fourth-order valence-electron chi connectivity index (χ4n) is 3.49. The van der Waals surface area contributed by atoms with Crippen molar-refractivity contribution in [2.45, 2.75) is 26.6 Å². The second-order valence-electron chi connectivity index (χ2n) is 7.19. The molecule has 3 heterocycles. The quantitative estimate of drug-likeness (QED) is 0.639. The number of hydrogen-bond donors (Lipinski definition) is 2. The Morgan fingerprint density at radius 3 is 2.68 bits per heavy atom. The first-order valence-electron chi connectivity index (χ1n) is 10.1. The van der Waals surface area contributed by atoms with Gasteiger partial charge in [-0.1, -0.05) is 6.07 Å². The average Bonchev–Trinajstić information content (AvgIpc) is 3.35. The Morgan fingerprint density at radius 2 is 1.97 bits per heavy atom. The molecule has 1 aliphatic heterocycles. The van der Waals surface area contributed by atoms with E-state index in [9.17, 15) is 9.59 Å². The molecule has 160 valence electrons. The summed E-state index contributed by atoms with van der Waals surface area (Å²) in [6.07, 6.45) is 3.39. The molecule has 1 aromatic carbocycles. The van der Waals surface area contributed by atoms with Gasteiger partial charge in [-0.3, -0.25) is 14.5 Å². The van der Waals surface area contributed by atoms with E-state index in [0.717, 1.165) is 22.6 Å². The molecule has 0 fully saturated rings. The first kappa shape index (κ1) is 20.4. The molecule has 9 heteroatoms. The van der Waals surface area contributed by atoms with Gasteiger partial charge in [-0.2, -0.15) is 5.10 Å². The van der Waals surface area contributed by atoms with Crippen molar-refractivity contribution < 1.29 is 14.3 Å². The Morgan fingerprint density at radius 1 is 1.16 bits per heavy atom. The van der Waals surface area contributed by atoms with E-state index in [1.165, 1.54) is 0 Å². The molecular formula is C22H24N6O3.